The first-order valence-corrected chi connectivity index (χ1v) is 9.42. The Morgan fingerprint density at radius 2 is 1.65 bits per heavy atom. The summed E-state index contributed by atoms with van der Waals surface area (Å²) in [6.45, 7) is -0.738. The summed E-state index contributed by atoms with van der Waals surface area (Å²) in [5.74, 6) is -6.64. The van der Waals surface area contributed by atoms with E-state index in [0.29, 0.717) is 6.42 Å². The predicted octanol–water partition coefficient (Wildman–Crippen LogP) is -3.31. The SMILES string of the molecule is NC(CC(=O)O)C(=O)N1CCCC1C(=O)NC(CO)C(=O)NC(CCC(=O)O)C(=O)O. The van der Waals surface area contributed by atoms with Crippen LogP contribution in [0, 0.1) is 0 Å². The van der Waals surface area contributed by atoms with E-state index in [0.717, 1.165) is 4.90 Å². The molecule has 8 N–H and O–H groups in total. The minimum atomic E-state index is -1.55. The zero-order valence-electron chi connectivity index (χ0n) is 16.5. The van der Waals surface area contributed by atoms with Crippen molar-refractivity contribution >= 4 is 35.6 Å². The summed E-state index contributed by atoms with van der Waals surface area (Å²) in [6.07, 6.45) is -0.917. The molecule has 1 fully saturated rings. The third kappa shape index (κ3) is 7.82. The van der Waals surface area contributed by atoms with Crippen molar-refractivity contribution in [3.05, 3.63) is 0 Å². The van der Waals surface area contributed by atoms with Gasteiger partial charge in [-0.05, 0) is 19.3 Å². The molecule has 4 atom stereocenters. The molecule has 0 radical (unpaired) electrons. The monoisotopic (exact) mass is 446 g/mol. The highest BCUT2D eigenvalue weighted by molar-refractivity contribution is 5.95. The van der Waals surface area contributed by atoms with Crippen molar-refractivity contribution in [3.63, 3.8) is 0 Å². The van der Waals surface area contributed by atoms with Crippen LogP contribution in [0.15, 0.2) is 0 Å². The first-order valence-electron chi connectivity index (χ1n) is 9.42. The second-order valence-corrected chi connectivity index (χ2v) is 6.97. The molecule has 0 aromatic heterocycles. The Balaban J connectivity index is 2.78. The van der Waals surface area contributed by atoms with Crippen molar-refractivity contribution in [2.45, 2.75) is 56.3 Å². The summed E-state index contributed by atoms with van der Waals surface area (Å²) in [7, 11) is 0. The molecule has 14 nitrogen and oxygen atoms in total. The number of carbonyl (C=O) groups excluding carboxylic acids is 3. The second-order valence-electron chi connectivity index (χ2n) is 6.97. The molecule has 0 aliphatic carbocycles. The van der Waals surface area contributed by atoms with Crippen LogP contribution in [-0.4, -0.2) is 98.3 Å². The fraction of sp³-hybridized carbons (Fsp3) is 0.647. The first kappa shape index (κ1) is 25.8. The number of nitrogens with one attached hydrogen (secondary N) is 2. The van der Waals surface area contributed by atoms with E-state index in [2.05, 4.69) is 10.6 Å². The number of carboxylic acids is 3. The Morgan fingerprint density at radius 3 is 2.16 bits per heavy atom. The molecule has 3 amide bonds. The number of carbonyl (C=O) groups is 6. The van der Waals surface area contributed by atoms with Gasteiger partial charge in [-0.3, -0.25) is 24.0 Å². The summed E-state index contributed by atoms with van der Waals surface area (Å²) in [5, 5.41) is 40.2. The summed E-state index contributed by atoms with van der Waals surface area (Å²) < 4.78 is 0. The van der Waals surface area contributed by atoms with E-state index in [1.165, 1.54) is 0 Å². The first-order chi connectivity index (χ1) is 14.5. The Hall–Kier alpha value is -3.26. The molecule has 0 saturated carbocycles. The van der Waals surface area contributed by atoms with Crippen LogP contribution >= 0.6 is 0 Å². The maximum atomic E-state index is 12.6. The van der Waals surface area contributed by atoms with Gasteiger partial charge in [-0.25, -0.2) is 4.79 Å². The second kappa shape index (κ2) is 11.8. The van der Waals surface area contributed by atoms with Crippen molar-refractivity contribution in [2.24, 2.45) is 5.73 Å². The number of amides is 3. The Labute approximate surface area is 176 Å². The zero-order chi connectivity index (χ0) is 23.7. The van der Waals surface area contributed by atoms with E-state index < -0.39 is 85.7 Å². The molecule has 0 aromatic rings. The van der Waals surface area contributed by atoms with Crippen molar-refractivity contribution in [2.75, 3.05) is 13.2 Å². The Bertz CT molecular complexity index is 728. The average Bonchev–Trinajstić information content (AvgIpc) is 3.17. The number of hydrogen-bond donors (Lipinski definition) is 7. The minimum absolute atomic E-state index is 0.149. The zero-order valence-corrected chi connectivity index (χ0v) is 16.5. The molecular weight excluding hydrogens is 420 g/mol. The number of nitrogens with two attached hydrogens (primary N) is 1. The van der Waals surface area contributed by atoms with Crippen molar-refractivity contribution in [1.82, 2.24) is 15.5 Å². The van der Waals surface area contributed by atoms with Gasteiger partial charge in [0.2, 0.25) is 17.7 Å². The molecule has 1 rings (SSSR count). The normalized spacial score (nSPS) is 18.5. The van der Waals surface area contributed by atoms with Gasteiger partial charge in [0.1, 0.15) is 18.1 Å². The lowest BCUT2D eigenvalue weighted by atomic mass is 10.1. The number of hydrogen-bond acceptors (Lipinski definition) is 8. The van der Waals surface area contributed by atoms with Gasteiger partial charge in [0.25, 0.3) is 0 Å². The van der Waals surface area contributed by atoms with Crippen LogP contribution in [0.2, 0.25) is 0 Å². The molecule has 0 aromatic carbocycles. The van der Waals surface area contributed by atoms with Gasteiger partial charge >= 0.3 is 17.9 Å². The Morgan fingerprint density at radius 1 is 1.00 bits per heavy atom. The van der Waals surface area contributed by atoms with Crippen molar-refractivity contribution < 1.29 is 49.2 Å². The maximum absolute atomic E-state index is 12.6. The van der Waals surface area contributed by atoms with Crippen molar-refractivity contribution in [1.29, 1.82) is 0 Å². The number of rotatable bonds is 12. The van der Waals surface area contributed by atoms with Gasteiger partial charge in [-0.15, -0.1) is 0 Å². The fourth-order valence-corrected chi connectivity index (χ4v) is 3.05. The molecule has 4 unspecified atom stereocenters. The largest absolute Gasteiger partial charge is 0.481 e. The molecule has 14 heteroatoms. The van der Waals surface area contributed by atoms with Gasteiger partial charge in [-0.2, -0.15) is 0 Å². The van der Waals surface area contributed by atoms with Crippen LogP contribution in [-0.2, 0) is 28.8 Å². The molecule has 174 valence electrons. The van der Waals surface area contributed by atoms with Crippen LogP contribution in [0.5, 0.6) is 0 Å². The summed E-state index contributed by atoms with van der Waals surface area (Å²) in [4.78, 5) is 70.8. The summed E-state index contributed by atoms with van der Waals surface area (Å²) in [5.41, 5.74) is 5.56. The van der Waals surface area contributed by atoms with Gasteiger partial charge < -0.3 is 41.7 Å². The smallest absolute Gasteiger partial charge is 0.326 e. The number of aliphatic hydroxyl groups is 1. The van der Waals surface area contributed by atoms with Gasteiger partial charge in [0.05, 0.1) is 19.1 Å². The van der Waals surface area contributed by atoms with E-state index in [1.54, 1.807) is 0 Å². The summed E-state index contributed by atoms with van der Waals surface area (Å²) >= 11 is 0. The van der Waals surface area contributed by atoms with Crippen LogP contribution in [0.4, 0.5) is 0 Å². The molecule has 1 aliphatic heterocycles. The highest BCUT2D eigenvalue weighted by Crippen LogP contribution is 2.19. The third-order valence-electron chi connectivity index (χ3n) is 4.63. The lowest BCUT2D eigenvalue weighted by Crippen LogP contribution is -2.57. The van der Waals surface area contributed by atoms with E-state index >= 15 is 0 Å². The van der Waals surface area contributed by atoms with Crippen LogP contribution in [0.1, 0.15) is 32.1 Å². The molecule has 1 aliphatic rings. The maximum Gasteiger partial charge on any atom is 0.326 e. The summed E-state index contributed by atoms with van der Waals surface area (Å²) in [6, 6.07) is -5.50. The van der Waals surface area contributed by atoms with Crippen LogP contribution in [0.25, 0.3) is 0 Å². The van der Waals surface area contributed by atoms with Gasteiger partial charge in [0.15, 0.2) is 0 Å². The van der Waals surface area contributed by atoms with Crippen molar-refractivity contribution in [3.8, 4) is 0 Å². The fourth-order valence-electron chi connectivity index (χ4n) is 3.05. The molecule has 1 saturated heterocycles. The van der Waals surface area contributed by atoms with E-state index in [-0.39, 0.29) is 13.0 Å². The van der Waals surface area contributed by atoms with Crippen LogP contribution in [0.3, 0.4) is 0 Å². The lowest BCUT2D eigenvalue weighted by Gasteiger charge is -2.28. The topological polar surface area (TPSA) is 237 Å². The number of aliphatic hydroxyl groups excluding tert-OH is 1. The number of nitrogens with zero attached hydrogens (tertiary/aromatic N) is 1. The number of likely N-dealkylation sites (tertiary alicyclic amines) is 1. The average molecular weight is 446 g/mol. The van der Waals surface area contributed by atoms with E-state index in [4.69, 9.17) is 21.1 Å². The van der Waals surface area contributed by atoms with Gasteiger partial charge in [-0.1, -0.05) is 0 Å². The third-order valence-corrected chi connectivity index (χ3v) is 4.63. The van der Waals surface area contributed by atoms with E-state index in [1.807, 2.05) is 0 Å². The predicted molar refractivity (Wildman–Crippen MR) is 100 cm³/mol. The van der Waals surface area contributed by atoms with Crippen LogP contribution < -0.4 is 16.4 Å². The number of aliphatic carboxylic acids is 3. The van der Waals surface area contributed by atoms with E-state index in [9.17, 15) is 33.9 Å². The molecule has 31 heavy (non-hydrogen) atoms. The standard InChI is InChI=1S/C17H26N4O10/c18-8(6-13(25)26)16(29)21-5-1-2-11(21)15(28)20-10(7-22)14(27)19-9(17(30)31)3-4-12(23)24/h8-11,22H,1-7,18H2,(H,19,27)(H,20,28)(H,23,24)(H,25,26)(H,30,31). The molecule has 0 spiro atoms. The highest BCUT2D eigenvalue weighted by Gasteiger charge is 2.38. The Kier molecular flexibility index (Phi) is 9.82. The quantitative estimate of drug-likeness (QED) is 0.157. The molecular formula is C17H26N4O10. The minimum Gasteiger partial charge on any atom is -0.481 e. The number of carboxylic acid groups (broad SMARTS) is 3. The lowest BCUT2D eigenvalue weighted by molar-refractivity contribution is -0.145. The molecule has 0 bridgehead atoms. The van der Waals surface area contributed by atoms with Gasteiger partial charge in [0, 0.05) is 13.0 Å². The highest BCUT2D eigenvalue weighted by atomic mass is 16.4. The molecule has 1 heterocycles.